The van der Waals surface area contributed by atoms with Crippen molar-refractivity contribution in [1.29, 1.82) is 0 Å². The van der Waals surface area contributed by atoms with E-state index < -0.39 is 0 Å². The van der Waals surface area contributed by atoms with Crippen LogP contribution in [-0.2, 0) is 6.54 Å². The molecule has 1 aromatic rings. The molecular formula is C16H27N3. The van der Waals surface area contributed by atoms with E-state index in [1.54, 1.807) is 0 Å². The molecule has 0 aliphatic carbocycles. The van der Waals surface area contributed by atoms with Gasteiger partial charge >= 0.3 is 0 Å². The van der Waals surface area contributed by atoms with Crippen LogP contribution in [0.5, 0.6) is 0 Å². The molecule has 3 heteroatoms. The summed E-state index contributed by atoms with van der Waals surface area (Å²) < 4.78 is 0. The van der Waals surface area contributed by atoms with Gasteiger partial charge in [0.1, 0.15) is 0 Å². The van der Waals surface area contributed by atoms with Gasteiger partial charge in [-0.05, 0) is 37.8 Å². The second-order valence-corrected chi connectivity index (χ2v) is 6.37. The maximum absolute atomic E-state index is 4.29. The standard InChI is InChI=1S/C16H27N3/c1-12(2)8-18-10-15-9-17-6-5-16(15)19-11-13(3)7-14(19)4/h5-6,9,12-14,18H,7-8,10-11H2,1-4H3. The zero-order chi connectivity index (χ0) is 13.8. The first-order chi connectivity index (χ1) is 9.08. The first-order valence-corrected chi connectivity index (χ1v) is 7.48. The molecule has 0 aromatic carbocycles. The molecule has 1 aromatic heterocycles. The van der Waals surface area contributed by atoms with E-state index in [4.69, 9.17) is 0 Å². The Kier molecular flexibility index (Phi) is 4.81. The molecule has 1 fully saturated rings. The summed E-state index contributed by atoms with van der Waals surface area (Å²) in [6, 6.07) is 2.81. The van der Waals surface area contributed by atoms with E-state index >= 15 is 0 Å². The zero-order valence-electron chi connectivity index (χ0n) is 12.7. The number of hydrogen-bond acceptors (Lipinski definition) is 3. The van der Waals surface area contributed by atoms with Gasteiger partial charge in [-0.1, -0.05) is 20.8 Å². The van der Waals surface area contributed by atoms with Crippen molar-refractivity contribution in [2.24, 2.45) is 11.8 Å². The van der Waals surface area contributed by atoms with Crippen LogP contribution < -0.4 is 10.2 Å². The van der Waals surface area contributed by atoms with Crippen LogP contribution in [0.3, 0.4) is 0 Å². The van der Waals surface area contributed by atoms with E-state index in [9.17, 15) is 0 Å². The summed E-state index contributed by atoms with van der Waals surface area (Å²) in [6.45, 7) is 12.3. The fourth-order valence-electron chi connectivity index (χ4n) is 2.97. The van der Waals surface area contributed by atoms with Gasteiger partial charge in [0.25, 0.3) is 0 Å². The molecule has 0 saturated carbocycles. The predicted molar refractivity (Wildman–Crippen MR) is 81.4 cm³/mol. The normalized spacial score (nSPS) is 23.3. The molecule has 3 nitrogen and oxygen atoms in total. The van der Waals surface area contributed by atoms with Crippen molar-refractivity contribution < 1.29 is 0 Å². The van der Waals surface area contributed by atoms with Crippen LogP contribution in [0.25, 0.3) is 0 Å². The third kappa shape index (κ3) is 3.69. The van der Waals surface area contributed by atoms with E-state index in [2.05, 4.69) is 49.0 Å². The van der Waals surface area contributed by atoms with Crippen LogP contribution >= 0.6 is 0 Å². The Balaban J connectivity index is 2.08. The van der Waals surface area contributed by atoms with Gasteiger partial charge < -0.3 is 10.2 Å². The van der Waals surface area contributed by atoms with E-state index in [1.807, 2.05) is 12.4 Å². The first kappa shape index (κ1) is 14.3. The number of pyridine rings is 1. The van der Waals surface area contributed by atoms with E-state index in [0.717, 1.165) is 19.0 Å². The smallest absolute Gasteiger partial charge is 0.0445 e. The van der Waals surface area contributed by atoms with Gasteiger partial charge in [0.2, 0.25) is 0 Å². The van der Waals surface area contributed by atoms with Gasteiger partial charge in [-0.15, -0.1) is 0 Å². The molecule has 2 atom stereocenters. The molecule has 2 heterocycles. The lowest BCUT2D eigenvalue weighted by Crippen LogP contribution is -2.29. The number of rotatable bonds is 5. The van der Waals surface area contributed by atoms with Crippen LogP contribution in [-0.4, -0.2) is 24.1 Å². The highest BCUT2D eigenvalue weighted by Crippen LogP contribution is 2.30. The van der Waals surface area contributed by atoms with Crippen molar-refractivity contribution in [3.05, 3.63) is 24.0 Å². The fourth-order valence-corrected chi connectivity index (χ4v) is 2.97. The number of hydrogen-bond donors (Lipinski definition) is 1. The number of nitrogens with one attached hydrogen (secondary N) is 1. The molecule has 1 aliphatic heterocycles. The fraction of sp³-hybridized carbons (Fsp3) is 0.688. The average Bonchev–Trinajstić information content (AvgIpc) is 2.68. The molecule has 0 amide bonds. The van der Waals surface area contributed by atoms with Crippen LogP contribution in [0.15, 0.2) is 18.5 Å². The maximum Gasteiger partial charge on any atom is 0.0445 e. The lowest BCUT2D eigenvalue weighted by molar-refractivity contribution is 0.551. The molecule has 1 aliphatic rings. The molecule has 19 heavy (non-hydrogen) atoms. The van der Waals surface area contributed by atoms with Crippen molar-refractivity contribution in [2.75, 3.05) is 18.0 Å². The van der Waals surface area contributed by atoms with E-state index in [1.165, 1.54) is 24.2 Å². The number of nitrogens with zero attached hydrogens (tertiary/aromatic N) is 2. The Bertz CT molecular complexity index is 403. The molecule has 0 bridgehead atoms. The highest BCUT2D eigenvalue weighted by Gasteiger charge is 2.27. The minimum atomic E-state index is 0.640. The third-order valence-electron chi connectivity index (χ3n) is 3.84. The van der Waals surface area contributed by atoms with Crippen LogP contribution in [0, 0.1) is 11.8 Å². The quantitative estimate of drug-likeness (QED) is 0.883. The zero-order valence-corrected chi connectivity index (χ0v) is 12.7. The molecule has 106 valence electrons. The summed E-state index contributed by atoms with van der Waals surface area (Å²) in [4.78, 5) is 6.83. The number of anilines is 1. The summed E-state index contributed by atoms with van der Waals surface area (Å²) in [7, 11) is 0. The van der Waals surface area contributed by atoms with Crippen LogP contribution in [0.1, 0.15) is 39.7 Å². The second kappa shape index (κ2) is 6.38. The summed E-state index contributed by atoms with van der Waals surface area (Å²) in [6.07, 6.45) is 5.22. The Morgan fingerprint density at radius 1 is 1.42 bits per heavy atom. The Morgan fingerprint density at radius 2 is 2.21 bits per heavy atom. The monoisotopic (exact) mass is 261 g/mol. The highest BCUT2D eigenvalue weighted by atomic mass is 15.2. The van der Waals surface area contributed by atoms with E-state index in [0.29, 0.717) is 12.0 Å². The second-order valence-electron chi connectivity index (χ2n) is 6.37. The molecule has 2 unspecified atom stereocenters. The van der Waals surface area contributed by atoms with Crippen molar-refractivity contribution in [3.8, 4) is 0 Å². The minimum Gasteiger partial charge on any atom is -0.368 e. The molecule has 0 radical (unpaired) electrons. The molecular weight excluding hydrogens is 234 g/mol. The topological polar surface area (TPSA) is 28.2 Å². The van der Waals surface area contributed by atoms with Gasteiger partial charge in [0.05, 0.1) is 0 Å². The Hall–Kier alpha value is -1.09. The lowest BCUT2D eigenvalue weighted by Gasteiger charge is -2.26. The largest absolute Gasteiger partial charge is 0.368 e. The van der Waals surface area contributed by atoms with Gasteiger partial charge in [0, 0.05) is 42.8 Å². The molecule has 2 rings (SSSR count). The predicted octanol–water partition coefficient (Wildman–Crippen LogP) is 3.06. The maximum atomic E-state index is 4.29. The molecule has 0 spiro atoms. The minimum absolute atomic E-state index is 0.640. The summed E-state index contributed by atoms with van der Waals surface area (Å²) in [5.74, 6) is 1.48. The Morgan fingerprint density at radius 3 is 2.84 bits per heavy atom. The molecule has 1 N–H and O–H groups in total. The summed E-state index contributed by atoms with van der Waals surface area (Å²) in [5, 5.41) is 3.52. The van der Waals surface area contributed by atoms with Crippen molar-refractivity contribution >= 4 is 5.69 Å². The van der Waals surface area contributed by atoms with Crippen molar-refractivity contribution in [1.82, 2.24) is 10.3 Å². The molecule has 1 saturated heterocycles. The van der Waals surface area contributed by atoms with Crippen molar-refractivity contribution in [3.63, 3.8) is 0 Å². The first-order valence-electron chi connectivity index (χ1n) is 7.48. The van der Waals surface area contributed by atoms with Gasteiger partial charge in [-0.2, -0.15) is 0 Å². The van der Waals surface area contributed by atoms with Crippen LogP contribution in [0.2, 0.25) is 0 Å². The van der Waals surface area contributed by atoms with Crippen molar-refractivity contribution in [2.45, 2.75) is 46.7 Å². The Labute approximate surface area is 117 Å². The van der Waals surface area contributed by atoms with Crippen LogP contribution in [0.4, 0.5) is 5.69 Å². The third-order valence-corrected chi connectivity index (χ3v) is 3.84. The van der Waals surface area contributed by atoms with Gasteiger partial charge in [-0.3, -0.25) is 4.98 Å². The number of aromatic nitrogens is 1. The highest BCUT2D eigenvalue weighted by molar-refractivity contribution is 5.54. The summed E-state index contributed by atoms with van der Waals surface area (Å²) >= 11 is 0. The van der Waals surface area contributed by atoms with E-state index in [-0.39, 0.29) is 0 Å². The summed E-state index contributed by atoms with van der Waals surface area (Å²) in [5.41, 5.74) is 2.69. The SMILES string of the molecule is CC(C)CNCc1cnccc1N1CC(C)CC1C. The lowest BCUT2D eigenvalue weighted by atomic mass is 10.1. The average molecular weight is 261 g/mol. The van der Waals surface area contributed by atoms with Gasteiger partial charge in [-0.25, -0.2) is 0 Å². The van der Waals surface area contributed by atoms with Gasteiger partial charge in [0.15, 0.2) is 0 Å².